The fourth-order valence-electron chi connectivity index (χ4n) is 2.59. The summed E-state index contributed by atoms with van der Waals surface area (Å²) < 4.78 is 6.02. The first-order valence-electron chi connectivity index (χ1n) is 6.99. The predicted molar refractivity (Wildman–Crippen MR) is 77.6 cm³/mol. The van der Waals surface area contributed by atoms with E-state index in [0.717, 1.165) is 18.0 Å². The highest BCUT2D eigenvalue weighted by atomic mass is 16.5. The molecule has 2 aromatic carbocycles. The molecule has 1 aliphatic heterocycles. The number of benzene rings is 2. The number of ether oxygens (including phenoxy) is 1. The zero-order valence-corrected chi connectivity index (χ0v) is 11.0. The van der Waals surface area contributed by atoms with Crippen molar-refractivity contribution in [3.63, 3.8) is 0 Å². The van der Waals surface area contributed by atoms with Crippen LogP contribution in [0.15, 0.2) is 54.6 Å². The smallest absolute Gasteiger partial charge is 0.132 e. The highest BCUT2D eigenvalue weighted by Crippen LogP contribution is 2.33. The molecule has 1 saturated heterocycles. The summed E-state index contributed by atoms with van der Waals surface area (Å²) >= 11 is 0. The number of hydrogen-bond donors (Lipinski definition) is 1. The summed E-state index contributed by atoms with van der Waals surface area (Å²) in [6, 6.07) is 18.7. The lowest BCUT2D eigenvalue weighted by Crippen LogP contribution is -2.27. The Morgan fingerprint density at radius 2 is 1.68 bits per heavy atom. The van der Waals surface area contributed by atoms with E-state index in [1.54, 1.807) is 0 Å². The molecule has 1 atom stereocenters. The first-order valence-corrected chi connectivity index (χ1v) is 6.99. The number of hydrogen-bond acceptors (Lipinski definition) is 2. The summed E-state index contributed by atoms with van der Waals surface area (Å²) in [7, 11) is 0. The van der Waals surface area contributed by atoms with Crippen LogP contribution >= 0.6 is 0 Å². The van der Waals surface area contributed by atoms with Crippen molar-refractivity contribution < 1.29 is 4.74 Å². The molecule has 1 aliphatic rings. The van der Waals surface area contributed by atoms with Gasteiger partial charge in [0.1, 0.15) is 11.5 Å². The summed E-state index contributed by atoms with van der Waals surface area (Å²) in [4.78, 5) is 0. The summed E-state index contributed by atoms with van der Waals surface area (Å²) in [5, 5.41) is 3.58. The van der Waals surface area contributed by atoms with Crippen molar-refractivity contribution in [1.29, 1.82) is 0 Å². The molecular formula is C17H19NO. The van der Waals surface area contributed by atoms with Crippen LogP contribution in [0.4, 0.5) is 0 Å². The van der Waals surface area contributed by atoms with Gasteiger partial charge in [-0.15, -0.1) is 0 Å². The second-order valence-electron chi connectivity index (χ2n) is 4.96. The molecular weight excluding hydrogens is 234 g/mol. The zero-order chi connectivity index (χ0) is 12.9. The van der Waals surface area contributed by atoms with Gasteiger partial charge in [-0.2, -0.15) is 0 Å². The molecule has 0 amide bonds. The molecule has 1 N–H and O–H groups in total. The van der Waals surface area contributed by atoms with Gasteiger partial charge in [-0.1, -0.05) is 42.8 Å². The molecule has 2 nitrogen and oxygen atoms in total. The van der Waals surface area contributed by atoms with Gasteiger partial charge in [-0.05, 0) is 37.6 Å². The summed E-state index contributed by atoms with van der Waals surface area (Å²) in [6.07, 6.45) is 3.75. The van der Waals surface area contributed by atoms with E-state index in [1.807, 2.05) is 36.4 Å². The van der Waals surface area contributed by atoms with Crippen molar-refractivity contribution in [2.75, 3.05) is 6.54 Å². The maximum atomic E-state index is 6.02. The SMILES string of the molecule is c1ccc(Oc2ccccc2[C@H]2CCCCN2)cc1. The van der Waals surface area contributed by atoms with Crippen LogP contribution in [0.2, 0.25) is 0 Å². The van der Waals surface area contributed by atoms with Gasteiger partial charge in [0.15, 0.2) is 0 Å². The Labute approximate surface area is 114 Å². The van der Waals surface area contributed by atoms with E-state index in [9.17, 15) is 0 Å². The lowest BCUT2D eigenvalue weighted by atomic mass is 9.97. The third-order valence-electron chi connectivity index (χ3n) is 3.58. The summed E-state index contributed by atoms with van der Waals surface area (Å²) in [5.74, 6) is 1.86. The monoisotopic (exact) mass is 253 g/mol. The Bertz CT molecular complexity index is 518. The molecule has 0 unspecified atom stereocenters. The quantitative estimate of drug-likeness (QED) is 0.880. The van der Waals surface area contributed by atoms with Crippen LogP contribution in [-0.2, 0) is 0 Å². The second-order valence-corrected chi connectivity index (χ2v) is 4.96. The third kappa shape index (κ3) is 2.96. The minimum Gasteiger partial charge on any atom is -0.457 e. The van der Waals surface area contributed by atoms with Gasteiger partial charge in [-0.25, -0.2) is 0 Å². The molecule has 0 bridgehead atoms. The minimum absolute atomic E-state index is 0.425. The number of rotatable bonds is 3. The van der Waals surface area contributed by atoms with E-state index in [4.69, 9.17) is 4.74 Å². The van der Waals surface area contributed by atoms with Crippen molar-refractivity contribution in [3.8, 4) is 11.5 Å². The second kappa shape index (κ2) is 5.89. The first kappa shape index (κ1) is 12.2. The van der Waals surface area contributed by atoms with Crippen molar-refractivity contribution in [1.82, 2.24) is 5.32 Å². The fraction of sp³-hybridized carbons (Fsp3) is 0.294. The van der Waals surface area contributed by atoms with Crippen LogP contribution in [0, 0.1) is 0 Å². The topological polar surface area (TPSA) is 21.3 Å². The van der Waals surface area contributed by atoms with Crippen LogP contribution in [0.5, 0.6) is 11.5 Å². The van der Waals surface area contributed by atoms with Crippen molar-refractivity contribution in [3.05, 3.63) is 60.2 Å². The predicted octanol–water partition coefficient (Wildman–Crippen LogP) is 4.29. The molecule has 0 aromatic heterocycles. The van der Waals surface area contributed by atoms with Crippen molar-refractivity contribution in [2.24, 2.45) is 0 Å². The first-order chi connectivity index (χ1) is 9.43. The highest BCUT2D eigenvalue weighted by Gasteiger charge is 2.18. The molecule has 0 spiro atoms. The molecule has 0 aliphatic carbocycles. The average molecular weight is 253 g/mol. The molecule has 19 heavy (non-hydrogen) atoms. The van der Waals surface area contributed by atoms with Crippen LogP contribution in [0.3, 0.4) is 0 Å². The van der Waals surface area contributed by atoms with E-state index in [0.29, 0.717) is 6.04 Å². The third-order valence-corrected chi connectivity index (χ3v) is 3.58. The normalized spacial score (nSPS) is 19.1. The average Bonchev–Trinajstić information content (AvgIpc) is 2.50. The molecule has 3 rings (SSSR count). The fourth-order valence-corrected chi connectivity index (χ4v) is 2.59. The van der Waals surface area contributed by atoms with Gasteiger partial charge in [0.2, 0.25) is 0 Å². The van der Waals surface area contributed by atoms with Gasteiger partial charge < -0.3 is 10.1 Å². The Balaban J connectivity index is 1.84. The molecule has 0 radical (unpaired) electrons. The molecule has 2 aromatic rings. The van der Waals surface area contributed by atoms with E-state index in [1.165, 1.54) is 24.8 Å². The van der Waals surface area contributed by atoms with Gasteiger partial charge in [-0.3, -0.25) is 0 Å². The van der Waals surface area contributed by atoms with E-state index in [-0.39, 0.29) is 0 Å². The van der Waals surface area contributed by atoms with Crippen LogP contribution < -0.4 is 10.1 Å². The number of nitrogens with one attached hydrogen (secondary N) is 1. The Morgan fingerprint density at radius 1 is 0.895 bits per heavy atom. The van der Waals surface area contributed by atoms with Crippen molar-refractivity contribution >= 4 is 0 Å². The molecule has 1 heterocycles. The molecule has 1 fully saturated rings. The number of para-hydroxylation sites is 2. The summed E-state index contributed by atoms with van der Waals surface area (Å²) in [5.41, 5.74) is 1.27. The molecule has 0 saturated carbocycles. The standard InChI is InChI=1S/C17H19NO/c1-2-8-14(9-3-1)19-17-12-5-4-10-15(17)16-11-6-7-13-18-16/h1-5,8-10,12,16,18H,6-7,11,13H2/t16-/m1/s1. The van der Waals surface area contributed by atoms with Crippen LogP contribution in [0.1, 0.15) is 30.9 Å². The van der Waals surface area contributed by atoms with E-state index < -0.39 is 0 Å². The Morgan fingerprint density at radius 3 is 2.47 bits per heavy atom. The zero-order valence-electron chi connectivity index (χ0n) is 11.0. The lowest BCUT2D eigenvalue weighted by molar-refractivity contribution is 0.394. The molecule has 2 heteroatoms. The maximum Gasteiger partial charge on any atom is 0.132 e. The minimum atomic E-state index is 0.425. The van der Waals surface area contributed by atoms with Crippen LogP contribution in [-0.4, -0.2) is 6.54 Å². The Hall–Kier alpha value is -1.80. The van der Waals surface area contributed by atoms with Gasteiger partial charge in [0, 0.05) is 11.6 Å². The van der Waals surface area contributed by atoms with Gasteiger partial charge >= 0.3 is 0 Å². The van der Waals surface area contributed by atoms with Gasteiger partial charge in [0.25, 0.3) is 0 Å². The molecule has 98 valence electrons. The van der Waals surface area contributed by atoms with Crippen LogP contribution in [0.25, 0.3) is 0 Å². The number of piperidine rings is 1. The van der Waals surface area contributed by atoms with Gasteiger partial charge in [0.05, 0.1) is 0 Å². The van der Waals surface area contributed by atoms with E-state index >= 15 is 0 Å². The Kier molecular flexibility index (Phi) is 3.80. The van der Waals surface area contributed by atoms with Crippen molar-refractivity contribution in [2.45, 2.75) is 25.3 Å². The summed E-state index contributed by atoms with van der Waals surface area (Å²) in [6.45, 7) is 1.10. The largest absolute Gasteiger partial charge is 0.457 e. The van der Waals surface area contributed by atoms with E-state index in [2.05, 4.69) is 23.5 Å². The highest BCUT2D eigenvalue weighted by molar-refractivity contribution is 5.39. The lowest BCUT2D eigenvalue weighted by Gasteiger charge is -2.25. The maximum absolute atomic E-state index is 6.02.